The third-order valence-electron chi connectivity index (χ3n) is 7.27. The summed E-state index contributed by atoms with van der Waals surface area (Å²) < 4.78 is 6.31. The number of rotatable bonds is 6. The number of carbonyl (C=O) groups is 3. The molecule has 0 spiro atoms. The largest absolute Gasteiger partial charge is 0.469 e. The van der Waals surface area contributed by atoms with E-state index in [4.69, 9.17) is 16.3 Å². The normalized spacial score (nSPS) is 15.7. The van der Waals surface area contributed by atoms with Crippen LogP contribution >= 0.6 is 11.6 Å². The van der Waals surface area contributed by atoms with Crippen LogP contribution in [0, 0.1) is 0 Å². The first-order valence-electron chi connectivity index (χ1n) is 13.8. The molecule has 2 aromatic carbocycles. The number of aromatic nitrogens is 6. The summed E-state index contributed by atoms with van der Waals surface area (Å²) in [7, 11) is 3.13. The maximum atomic E-state index is 13.2. The Hall–Kier alpha value is -4.84. The highest BCUT2D eigenvalue weighted by molar-refractivity contribution is 6.30. The quantitative estimate of drug-likeness (QED) is 0.252. The lowest BCUT2D eigenvalue weighted by atomic mass is 9.96. The Kier molecular flexibility index (Phi) is 9.26. The van der Waals surface area contributed by atoms with Crippen molar-refractivity contribution >= 4 is 35.5 Å². The highest BCUT2D eigenvalue weighted by Gasteiger charge is 2.24. The van der Waals surface area contributed by atoms with Crippen LogP contribution in [0.5, 0.6) is 0 Å². The number of esters is 1. The Morgan fingerprint density at radius 1 is 1.21 bits per heavy atom. The number of fused-ring (bicyclic) bond motifs is 4. The molecule has 0 saturated heterocycles. The molecule has 1 aliphatic rings. The number of aryl methyl sites for hydroxylation is 1. The first kappa shape index (κ1) is 29.6. The molecule has 2 N–H and O–H groups in total. The molecule has 2 aromatic heterocycles. The van der Waals surface area contributed by atoms with Gasteiger partial charge in [-0.25, -0.2) is 4.98 Å². The van der Waals surface area contributed by atoms with Crippen LogP contribution in [0.15, 0.2) is 55.0 Å². The Balaban J connectivity index is 1.42. The first-order chi connectivity index (χ1) is 20.8. The number of halogens is 1. The van der Waals surface area contributed by atoms with Crippen molar-refractivity contribution in [3.63, 3.8) is 0 Å². The van der Waals surface area contributed by atoms with E-state index in [0.717, 1.165) is 41.6 Å². The summed E-state index contributed by atoms with van der Waals surface area (Å²) >= 11 is 6.21. The molecule has 5 rings (SSSR count). The molecular formula is C30H31ClN8O4. The number of nitrogens with zero attached hydrogens (tertiary/aromatic N) is 6. The zero-order valence-corrected chi connectivity index (χ0v) is 24.5. The van der Waals surface area contributed by atoms with Crippen molar-refractivity contribution in [2.24, 2.45) is 0 Å². The van der Waals surface area contributed by atoms with Crippen molar-refractivity contribution in [1.82, 2.24) is 40.4 Å². The van der Waals surface area contributed by atoms with Gasteiger partial charge in [-0.1, -0.05) is 29.8 Å². The predicted octanol–water partition coefficient (Wildman–Crippen LogP) is 3.48. The zero-order chi connectivity index (χ0) is 30.3. The van der Waals surface area contributed by atoms with Crippen LogP contribution in [-0.2, 0) is 32.0 Å². The molecule has 0 saturated carbocycles. The van der Waals surface area contributed by atoms with Crippen molar-refractivity contribution in [3.05, 3.63) is 82.5 Å². The number of aromatic amines is 1. The minimum atomic E-state index is -0.706. The molecule has 3 heterocycles. The van der Waals surface area contributed by atoms with Gasteiger partial charge in [-0.3, -0.25) is 14.4 Å². The van der Waals surface area contributed by atoms with Gasteiger partial charge in [-0.2, -0.15) is 4.68 Å². The van der Waals surface area contributed by atoms with E-state index in [2.05, 4.69) is 30.8 Å². The molecule has 0 unspecified atom stereocenters. The van der Waals surface area contributed by atoms with Gasteiger partial charge < -0.3 is 19.9 Å². The Morgan fingerprint density at radius 2 is 2.07 bits per heavy atom. The van der Waals surface area contributed by atoms with Gasteiger partial charge in [0.2, 0.25) is 11.8 Å². The van der Waals surface area contributed by atoms with Crippen molar-refractivity contribution in [1.29, 1.82) is 0 Å². The van der Waals surface area contributed by atoms with Crippen LogP contribution in [-0.4, -0.2) is 73.6 Å². The molecule has 43 heavy (non-hydrogen) atoms. The van der Waals surface area contributed by atoms with Gasteiger partial charge in [0.05, 0.1) is 43.6 Å². The zero-order valence-electron chi connectivity index (χ0n) is 23.8. The Labute approximate surface area is 253 Å². The molecule has 222 valence electrons. The lowest BCUT2D eigenvalue weighted by molar-refractivity contribution is -0.139. The van der Waals surface area contributed by atoms with Gasteiger partial charge in [-0.05, 0) is 65.1 Å². The smallest absolute Gasteiger partial charge is 0.309 e. The van der Waals surface area contributed by atoms with Crippen LogP contribution in [0.4, 0.5) is 0 Å². The predicted molar refractivity (Wildman–Crippen MR) is 159 cm³/mol. The Morgan fingerprint density at radius 3 is 2.86 bits per heavy atom. The van der Waals surface area contributed by atoms with Gasteiger partial charge in [0.1, 0.15) is 12.2 Å². The van der Waals surface area contributed by atoms with Crippen molar-refractivity contribution in [2.45, 2.75) is 38.1 Å². The second-order valence-electron chi connectivity index (χ2n) is 10.3. The molecule has 0 aliphatic carbocycles. The number of methoxy groups -OCH3 is 1. The molecule has 4 aromatic rings. The van der Waals surface area contributed by atoms with Crippen LogP contribution < -0.4 is 5.32 Å². The number of H-pyrrole nitrogens is 1. The minimum Gasteiger partial charge on any atom is -0.469 e. The second-order valence-corrected chi connectivity index (χ2v) is 10.7. The van der Waals surface area contributed by atoms with Crippen LogP contribution in [0.1, 0.15) is 47.8 Å². The second kappa shape index (κ2) is 13.4. The van der Waals surface area contributed by atoms with Crippen molar-refractivity contribution in [3.8, 4) is 16.9 Å². The topological polar surface area (TPSA) is 148 Å². The fourth-order valence-corrected chi connectivity index (χ4v) is 5.16. The van der Waals surface area contributed by atoms with Gasteiger partial charge >= 0.3 is 5.97 Å². The standard InChI is InChI=1S/C30H31ClN8O4/c1-38-12-4-3-5-20-13-19(14-29(42)43-2)6-9-23(20)25-17-32-30(35-25)24(16-28(38)41)34-27(40)11-7-21-15-22(31)8-10-26(21)39-18-33-36-37-39/h6-11,13,15,17-18,24H,3-5,12,14,16H2,1-2H3,(H,32,35)(H,34,40)/b11-7+/t24-/m0/s1. The number of amides is 2. The van der Waals surface area contributed by atoms with Crippen LogP contribution in [0.2, 0.25) is 5.02 Å². The molecule has 2 amide bonds. The average molecular weight is 603 g/mol. The third-order valence-corrected chi connectivity index (χ3v) is 7.51. The number of tetrazole rings is 1. The number of nitrogens with one attached hydrogen (secondary N) is 2. The summed E-state index contributed by atoms with van der Waals surface area (Å²) in [6, 6.07) is 10.3. The first-order valence-corrected chi connectivity index (χ1v) is 14.2. The SMILES string of the molecule is COC(=O)Cc1ccc2c(c1)CCCCN(C)C(=O)C[C@H](NC(=O)/C=C/c1cc(Cl)ccc1-n1cnnn1)c1ncc-2[nH]1. The molecule has 0 radical (unpaired) electrons. The maximum absolute atomic E-state index is 13.2. The Bertz CT molecular complexity index is 1650. The summed E-state index contributed by atoms with van der Waals surface area (Å²) in [6.07, 6.45) is 8.77. The number of benzene rings is 2. The van der Waals surface area contributed by atoms with E-state index in [1.165, 1.54) is 24.2 Å². The summed E-state index contributed by atoms with van der Waals surface area (Å²) in [5.41, 5.74) is 4.91. The van der Waals surface area contributed by atoms with Crippen LogP contribution in [0.3, 0.4) is 0 Å². The average Bonchev–Trinajstić information content (AvgIpc) is 3.71. The van der Waals surface area contributed by atoms with E-state index < -0.39 is 11.9 Å². The number of hydrogen-bond acceptors (Lipinski definition) is 8. The van der Waals surface area contributed by atoms with Gasteiger partial charge in [-0.15, -0.1) is 5.10 Å². The number of carbonyl (C=O) groups excluding carboxylic acids is 3. The van der Waals surface area contributed by atoms with E-state index in [1.54, 1.807) is 42.4 Å². The van der Waals surface area contributed by atoms with E-state index in [1.807, 2.05) is 18.2 Å². The van der Waals surface area contributed by atoms with Crippen LogP contribution in [0.25, 0.3) is 23.0 Å². The molecule has 13 heteroatoms. The minimum absolute atomic E-state index is 0.0288. The number of ether oxygens (including phenoxy) is 1. The molecule has 1 atom stereocenters. The molecule has 1 aliphatic heterocycles. The maximum Gasteiger partial charge on any atom is 0.309 e. The summed E-state index contributed by atoms with van der Waals surface area (Å²) in [4.78, 5) is 47.7. The molecular weight excluding hydrogens is 572 g/mol. The summed E-state index contributed by atoms with van der Waals surface area (Å²) in [6.45, 7) is 0.577. The van der Waals surface area contributed by atoms with E-state index in [0.29, 0.717) is 28.6 Å². The van der Waals surface area contributed by atoms with Gasteiger partial charge in [0.15, 0.2) is 0 Å². The summed E-state index contributed by atoms with van der Waals surface area (Å²) in [5.74, 6) is -0.374. The lowest BCUT2D eigenvalue weighted by Crippen LogP contribution is -2.35. The summed E-state index contributed by atoms with van der Waals surface area (Å²) in [5, 5.41) is 14.7. The lowest BCUT2D eigenvalue weighted by Gasteiger charge is -2.21. The number of hydrogen-bond donors (Lipinski definition) is 2. The number of imidazole rings is 1. The van der Waals surface area contributed by atoms with E-state index >= 15 is 0 Å². The molecule has 2 bridgehead atoms. The fourth-order valence-electron chi connectivity index (χ4n) is 4.98. The third kappa shape index (κ3) is 7.33. The van der Waals surface area contributed by atoms with Crippen molar-refractivity contribution in [2.75, 3.05) is 20.7 Å². The van der Waals surface area contributed by atoms with E-state index in [9.17, 15) is 14.4 Å². The highest BCUT2D eigenvalue weighted by Crippen LogP contribution is 2.28. The van der Waals surface area contributed by atoms with E-state index in [-0.39, 0.29) is 24.7 Å². The van der Waals surface area contributed by atoms with Gasteiger partial charge in [0.25, 0.3) is 0 Å². The highest BCUT2D eigenvalue weighted by atomic mass is 35.5. The molecule has 0 fully saturated rings. The van der Waals surface area contributed by atoms with Crippen molar-refractivity contribution < 1.29 is 19.1 Å². The van der Waals surface area contributed by atoms with Gasteiger partial charge in [0, 0.05) is 35.8 Å². The fraction of sp³-hybridized carbons (Fsp3) is 0.300. The monoisotopic (exact) mass is 602 g/mol. The molecule has 12 nitrogen and oxygen atoms in total.